The van der Waals surface area contributed by atoms with Crippen LogP contribution in [-0.4, -0.2) is 13.1 Å². The summed E-state index contributed by atoms with van der Waals surface area (Å²) in [5.41, 5.74) is -0.106. The van der Waals surface area contributed by atoms with Crippen molar-refractivity contribution in [3.05, 3.63) is 58.6 Å². The van der Waals surface area contributed by atoms with Crippen LogP contribution >= 0.6 is 11.6 Å². The van der Waals surface area contributed by atoms with Crippen LogP contribution in [0.15, 0.2) is 42.5 Å². The van der Waals surface area contributed by atoms with Crippen molar-refractivity contribution in [3.8, 4) is 11.1 Å². The molecule has 0 fully saturated rings. The molecule has 0 amide bonds. The topological polar surface area (TPSA) is 26.3 Å². The normalized spacial score (nSPS) is 11.3. The van der Waals surface area contributed by atoms with Crippen molar-refractivity contribution in [2.45, 2.75) is 6.18 Å². The summed E-state index contributed by atoms with van der Waals surface area (Å²) in [6.07, 6.45) is -4.46. The molecule has 0 atom stereocenters. The van der Waals surface area contributed by atoms with Gasteiger partial charge in [-0.2, -0.15) is 13.2 Å². The average molecular weight is 315 g/mol. The summed E-state index contributed by atoms with van der Waals surface area (Å²) < 4.78 is 42.9. The Morgan fingerprint density at radius 3 is 2.48 bits per heavy atom. The lowest BCUT2D eigenvalue weighted by atomic mass is 9.98. The number of alkyl halides is 3. The first-order chi connectivity index (χ1) is 9.82. The molecule has 2 aromatic rings. The minimum atomic E-state index is -4.46. The van der Waals surface area contributed by atoms with Crippen molar-refractivity contribution < 1.29 is 22.7 Å². The van der Waals surface area contributed by atoms with E-state index in [4.69, 9.17) is 11.6 Å². The second-order valence-electron chi connectivity index (χ2n) is 4.26. The molecule has 0 bridgehead atoms. The summed E-state index contributed by atoms with van der Waals surface area (Å²) in [7, 11) is 1.20. The van der Waals surface area contributed by atoms with Crippen molar-refractivity contribution >= 4 is 17.6 Å². The van der Waals surface area contributed by atoms with Crippen molar-refractivity contribution in [3.63, 3.8) is 0 Å². The van der Waals surface area contributed by atoms with Crippen molar-refractivity contribution in [1.29, 1.82) is 0 Å². The van der Waals surface area contributed by atoms with Crippen LogP contribution in [0.5, 0.6) is 0 Å². The molecule has 0 aromatic heterocycles. The maximum absolute atomic E-state index is 12.8. The Kier molecular flexibility index (Phi) is 4.23. The Bertz CT molecular complexity index is 681. The molecule has 2 nitrogen and oxygen atoms in total. The molecule has 0 aliphatic carbocycles. The highest BCUT2D eigenvalue weighted by molar-refractivity contribution is 6.31. The number of ether oxygens (including phenoxy) is 1. The number of rotatable bonds is 2. The summed E-state index contributed by atoms with van der Waals surface area (Å²) in [5, 5.41) is 0.315. The number of benzene rings is 2. The van der Waals surface area contributed by atoms with Crippen LogP contribution in [0.25, 0.3) is 11.1 Å². The first kappa shape index (κ1) is 15.4. The fourth-order valence-electron chi connectivity index (χ4n) is 1.91. The van der Waals surface area contributed by atoms with Crippen LogP contribution in [0.4, 0.5) is 13.2 Å². The van der Waals surface area contributed by atoms with E-state index in [0.29, 0.717) is 10.6 Å². The number of halogens is 4. The van der Waals surface area contributed by atoms with Crippen molar-refractivity contribution in [1.82, 2.24) is 0 Å². The molecule has 21 heavy (non-hydrogen) atoms. The smallest absolute Gasteiger partial charge is 0.416 e. The second kappa shape index (κ2) is 5.77. The van der Waals surface area contributed by atoms with Gasteiger partial charge in [0.2, 0.25) is 0 Å². The molecule has 0 unspecified atom stereocenters. The van der Waals surface area contributed by atoms with Gasteiger partial charge in [-0.3, -0.25) is 0 Å². The van der Waals surface area contributed by atoms with E-state index in [1.54, 1.807) is 0 Å². The van der Waals surface area contributed by atoms with Crippen LogP contribution in [0.2, 0.25) is 5.02 Å². The summed E-state index contributed by atoms with van der Waals surface area (Å²) in [6, 6.07) is 9.02. The van der Waals surface area contributed by atoms with E-state index in [1.165, 1.54) is 37.4 Å². The van der Waals surface area contributed by atoms with Gasteiger partial charge in [0, 0.05) is 5.02 Å². The Morgan fingerprint density at radius 1 is 1.14 bits per heavy atom. The average Bonchev–Trinajstić information content (AvgIpc) is 2.45. The Balaban J connectivity index is 2.61. The van der Waals surface area contributed by atoms with E-state index in [9.17, 15) is 18.0 Å². The summed E-state index contributed by atoms with van der Waals surface area (Å²) in [4.78, 5) is 11.7. The van der Waals surface area contributed by atoms with Gasteiger partial charge in [-0.05, 0) is 41.5 Å². The molecular formula is C15H10ClF3O2. The zero-order valence-electron chi connectivity index (χ0n) is 10.9. The maximum Gasteiger partial charge on any atom is 0.416 e. The summed E-state index contributed by atoms with van der Waals surface area (Å²) >= 11 is 5.87. The fraction of sp³-hybridized carbons (Fsp3) is 0.133. The SMILES string of the molecule is COC(=O)c1ccc(Cl)cc1-c1cccc(C(F)(F)F)c1. The van der Waals surface area contributed by atoms with E-state index < -0.39 is 17.7 Å². The van der Waals surface area contributed by atoms with Gasteiger partial charge in [-0.1, -0.05) is 23.7 Å². The lowest BCUT2D eigenvalue weighted by molar-refractivity contribution is -0.137. The highest BCUT2D eigenvalue weighted by Gasteiger charge is 2.30. The summed E-state index contributed by atoms with van der Waals surface area (Å²) in [6.45, 7) is 0. The zero-order chi connectivity index (χ0) is 15.6. The van der Waals surface area contributed by atoms with Gasteiger partial charge in [0.25, 0.3) is 0 Å². The van der Waals surface area contributed by atoms with Gasteiger partial charge < -0.3 is 4.74 Å². The standard InChI is InChI=1S/C15H10ClF3O2/c1-21-14(20)12-6-5-11(16)8-13(12)9-3-2-4-10(7-9)15(17,18)19/h2-8H,1H3. The van der Waals surface area contributed by atoms with Gasteiger partial charge in [0.05, 0.1) is 18.2 Å². The molecule has 0 saturated heterocycles. The molecule has 6 heteroatoms. The van der Waals surface area contributed by atoms with Gasteiger partial charge >= 0.3 is 12.1 Å². The van der Waals surface area contributed by atoms with Crippen LogP contribution in [0.1, 0.15) is 15.9 Å². The summed E-state index contributed by atoms with van der Waals surface area (Å²) in [5.74, 6) is -0.640. The van der Waals surface area contributed by atoms with E-state index in [2.05, 4.69) is 4.74 Å². The molecule has 0 saturated carbocycles. The Morgan fingerprint density at radius 2 is 1.86 bits per heavy atom. The molecular weight excluding hydrogens is 305 g/mol. The predicted octanol–water partition coefficient (Wildman–Crippen LogP) is 4.81. The lowest BCUT2D eigenvalue weighted by Crippen LogP contribution is -2.06. The third-order valence-electron chi connectivity index (χ3n) is 2.89. The monoisotopic (exact) mass is 314 g/mol. The number of methoxy groups -OCH3 is 1. The van der Waals surface area contributed by atoms with Crippen LogP contribution < -0.4 is 0 Å². The van der Waals surface area contributed by atoms with E-state index >= 15 is 0 Å². The third-order valence-corrected chi connectivity index (χ3v) is 3.12. The number of carbonyl (C=O) groups excluding carboxylic acids is 1. The molecule has 0 N–H and O–H groups in total. The molecule has 0 spiro atoms. The zero-order valence-corrected chi connectivity index (χ0v) is 11.6. The van der Waals surface area contributed by atoms with E-state index in [0.717, 1.165) is 12.1 Å². The fourth-order valence-corrected chi connectivity index (χ4v) is 2.08. The number of carbonyl (C=O) groups is 1. The van der Waals surface area contributed by atoms with E-state index in [-0.39, 0.29) is 11.1 Å². The molecule has 2 aromatic carbocycles. The van der Waals surface area contributed by atoms with E-state index in [1.807, 2.05) is 0 Å². The molecule has 110 valence electrons. The predicted molar refractivity (Wildman–Crippen MR) is 73.2 cm³/mol. The van der Waals surface area contributed by atoms with Gasteiger partial charge in [-0.15, -0.1) is 0 Å². The largest absolute Gasteiger partial charge is 0.465 e. The lowest BCUT2D eigenvalue weighted by Gasteiger charge is -2.12. The number of hydrogen-bond acceptors (Lipinski definition) is 2. The first-order valence-corrected chi connectivity index (χ1v) is 6.26. The maximum atomic E-state index is 12.8. The van der Waals surface area contributed by atoms with Gasteiger partial charge in [0.15, 0.2) is 0 Å². The van der Waals surface area contributed by atoms with Crippen LogP contribution in [0, 0.1) is 0 Å². The minimum absolute atomic E-state index is 0.154. The first-order valence-electron chi connectivity index (χ1n) is 5.88. The number of esters is 1. The van der Waals surface area contributed by atoms with Crippen LogP contribution in [-0.2, 0) is 10.9 Å². The minimum Gasteiger partial charge on any atom is -0.465 e. The van der Waals surface area contributed by atoms with Crippen molar-refractivity contribution in [2.75, 3.05) is 7.11 Å². The molecule has 0 radical (unpaired) electrons. The Hall–Kier alpha value is -2.01. The quantitative estimate of drug-likeness (QED) is 0.743. The number of hydrogen-bond donors (Lipinski definition) is 0. The highest BCUT2D eigenvalue weighted by atomic mass is 35.5. The molecule has 0 aliphatic rings. The van der Waals surface area contributed by atoms with Gasteiger partial charge in [-0.25, -0.2) is 4.79 Å². The van der Waals surface area contributed by atoms with Gasteiger partial charge in [0.1, 0.15) is 0 Å². The second-order valence-corrected chi connectivity index (χ2v) is 4.70. The van der Waals surface area contributed by atoms with Crippen LogP contribution in [0.3, 0.4) is 0 Å². The van der Waals surface area contributed by atoms with Crippen molar-refractivity contribution in [2.24, 2.45) is 0 Å². The highest BCUT2D eigenvalue weighted by Crippen LogP contribution is 2.34. The molecule has 0 aliphatic heterocycles. The molecule has 2 rings (SSSR count). The molecule has 0 heterocycles. The third kappa shape index (κ3) is 3.36. The Labute approximate surface area is 124 Å².